The number of nitrogens with zero attached hydrogens (tertiary/aromatic N) is 3. The molecule has 0 spiro atoms. The minimum atomic E-state index is -0.429. The van der Waals surface area contributed by atoms with E-state index in [0.29, 0.717) is 34.8 Å². The van der Waals surface area contributed by atoms with E-state index in [4.69, 9.17) is 4.98 Å². The zero-order chi connectivity index (χ0) is 27.2. The summed E-state index contributed by atoms with van der Waals surface area (Å²) in [4.78, 5) is 34.6. The van der Waals surface area contributed by atoms with Crippen LogP contribution in [0, 0.1) is 5.92 Å². The Balaban J connectivity index is 1.81. The third-order valence-electron chi connectivity index (χ3n) is 6.96. The molecule has 0 aliphatic rings. The number of fused-ring (bicyclic) bond motifs is 1. The van der Waals surface area contributed by atoms with Crippen LogP contribution >= 0.6 is 15.9 Å². The van der Waals surface area contributed by atoms with Crippen molar-refractivity contribution in [1.82, 2.24) is 14.5 Å². The van der Waals surface area contributed by atoms with E-state index in [9.17, 15) is 9.59 Å². The number of carbonyl (C=O) groups excluding carboxylic acids is 1. The number of rotatable bonds is 10. The molecule has 1 aromatic heterocycles. The summed E-state index contributed by atoms with van der Waals surface area (Å²) in [5.41, 5.74) is 3.10. The maximum atomic E-state index is 13.9. The van der Waals surface area contributed by atoms with Crippen LogP contribution in [0.5, 0.6) is 0 Å². The van der Waals surface area contributed by atoms with Gasteiger partial charge in [0.2, 0.25) is 0 Å². The topological polar surface area (TPSA) is 55.2 Å². The minimum Gasteiger partial charge on any atom is -0.329 e. The second kappa shape index (κ2) is 12.5. The lowest BCUT2D eigenvalue weighted by molar-refractivity contribution is 0.0671. The summed E-state index contributed by atoms with van der Waals surface area (Å²) < 4.78 is 2.58. The van der Waals surface area contributed by atoms with Gasteiger partial charge in [0.05, 0.1) is 22.6 Å². The van der Waals surface area contributed by atoms with Crippen LogP contribution in [0.2, 0.25) is 0 Å². The molecule has 0 aliphatic carbocycles. The second-order valence-corrected chi connectivity index (χ2v) is 11.2. The smallest absolute Gasteiger partial charge is 0.266 e. The van der Waals surface area contributed by atoms with Gasteiger partial charge in [-0.2, -0.15) is 0 Å². The third-order valence-corrected chi connectivity index (χ3v) is 7.48. The summed E-state index contributed by atoms with van der Waals surface area (Å²) >= 11 is 3.49. The standard InChI is InChI=1S/C32H36BrN3O2/c1-5-6-9-24-12-14-25(15-13-24)31(37)35(21-20-22(2)3)23(4)30-34-29-11-8-7-10-28(29)32(38)36(30)27-18-16-26(33)17-19-27/h7-8,10-19,22-23H,5-6,9,20-21H2,1-4H3. The van der Waals surface area contributed by atoms with Gasteiger partial charge in [-0.1, -0.05) is 67.4 Å². The number of hydrogen-bond acceptors (Lipinski definition) is 3. The lowest BCUT2D eigenvalue weighted by Gasteiger charge is -2.31. The summed E-state index contributed by atoms with van der Waals surface area (Å²) in [5.74, 6) is 0.921. The van der Waals surface area contributed by atoms with Crippen LogP contribution < -0.4 is 5.56 Å². The molecule has 0 bridgehead atoms. The molecule has 4 aromatic rings. The predicted octanol–water partition coefficient (Wildman–Crippen LogP) is 7.74. The average molecular weight is 575 g/mol. The Labute approximate surface area is 233 Å². The Morgan fingerprint density at radius 1 is 0.974 bits per heavy atom. The summed E-state index contributed by atoms with van der Waals surface area (Å²) in [6, 6.07) is 22.5. The van der Waals surface area contributed by atoms with Crippen LogP contribution in [0.1, 0.15) is 74.7 Å². The van der Waals surface area contributed by atoms with Crippen LogP contribution in [0.3, 0.4) is 0 Å². The van der Waals surface area contributed by atoms with Crippen molar-refractivity contribution in [3.8, 4) is 5.69 Å². The SMILES string of the molecule is CCCCc1ccc(C(=O)N(CCC(C)C)C(C)c2nc3ccccc3c(=O)n2-c2ccc(Br)cc2)cc1. The molecule has 198 valence electrons. The van der Waals surface area contributed by atoms with Gasteiger partial charge < -0.3 is 4.90 Å². The highest BCUT2D eigenvalue weighted by molar-refractivity contribution is 9.10. The Morgan fingerprint density at radius 2 is 1.66 bits per heavy atom. The van der Waals surface area contributed by atoms with Gasteiger partial charge in [0.15, 0.2) is 0 Å². The van der Waals surface area contributed by atoms with Crippen molar-refractivity contribution in [1.29, 1.82) is 0 Å². The van der Waals surface area contributed by atoms with E-state index in [1.54, 1.807) is 10.6 Å². The van der Waals surface area contributed by atoms with Crippen molar-refractivity contribution in [2.24, 2.45) is 5.92 Å². The van der Waals surface area contributed by atoms with Gasteiger partial charge in [-0.05, 0) is 86.2 Å². The quantitative estimate of drug-likeness (QED) is 0.195. The molecular weight excluding hydrogens is 538 g/mol. The molecule has 1 amide bonds. The van der Waals surface area contributed by atoms with Crippen LogP contribution in [-0.4, -0.2) is 26.9 Å². The lowest BCUT2D eigenvalue weighted by atomic mass is 10.0. The number of aryl methyl sites for hydroxylation is 1. The van der Waals surface area contributed by atoms with Gasteiger partial charge >= 0.3 is 0 Å². The molecule has 0 radical (unpaired) electrons. The zero-order valence-corrected chi connectivity index (χ0v) is 24.2. The molecular formula is C32H36BrN3O2. The average Bonchev–Trinajstić information content (AvgIpc) is 2.92. The van der Waals surface area contributed by atoms with E-state index < -0.39 is 6.04 Å². The molecule has 38 heavy (non-hydrogen) atoms. The molecule has 0 fully saturated rings. The monoisotopic (exact) mass is 573 g/mol. The molecule has 1 heterocycles. The van der Waals surface area contributed by atoms with Crippen molar-refractivity contribution in [2.75, 3.05) is 6.54 Å². The maximum Gasteiger partial charge on any atom is 0.266 e. The minimum absolute atomic E-state index is 0.0510. The molecule has 6 heteroatoms. The van der Waals surface area contributed by atoms with Gasteiger partial charge in [-0.15, -0.1) is 0 Å². The highest BCUT2D eigenvalue weighted by Crippen LogP contribution is 2.26. The highest BCUT2D eigenvalue weighted by Gasteiger charge is 2.27. The fourth-order valence-electron chi connectivity index (χ4n) is 4.64. The van der Waals surface area contributed by atoms with Crippen molar-refractivity contribution in [3.63, 3.8) is 0 Å². The van der Waals surface area contributed by atoms with Gasteiger partial charge in [0.25, 0.3) is 11.5 Å². The third kappa shape index (κ3) is 6.24. The van der Waals surface area contributed by atoms with Crippen LogP contribution in [0.25, 0.3) is 16.6 Å². The van der Waals surface area contributed by atoms with Crippen molar-refractivity contribution in [2.45, 2.75) is 59.4 Å². The largest absolute Gasteiger partial charge is 0.329 e. The zero-order valence-electron chi connectivity index (χ0n) is 22.7. The van der Waals surface area contributed by atoms with E-state index >= 15 is 0 Å². The molecule has 0 aliphatic heterocycles. The lowest BCUT2D eigenvalue weighted by Crippen LogP contribution is -2.38. The number of unbranched alkanes of at least 4 members (excludes halogenated alkanes) is 1. The number of aromatic nitrogens is 2. The fraction of sp³-hybridized carbons (Fsp3) is 0.344. The molecule has 5 nitrogen and oxygen atoms in total. The first-order valence-corrected chi connectivity index (χ1v) is 14.3. The van der Waals surface area contributed by atoms with Gasteiger partial charge in [-0.25, -0.2) is 4.98 Å². The number of halogens is 1. The molecule has 0 saturated heterocycles. The van der Waals surface area contributed by atoms with Gasteiger partial charge in [0.1, 0.15) is 5.82 Å². The number of amides is 1. The fourth-order valence-corrected chi connectivity index (χ4v) is 4.90. The Morgan fingerprint density at radius 3 is 2.32 bits per heavy atom. The van der Waals surface area contributed by atoms with Crippen molar-refractivity contribution >= 4 is 32.7 Å². The first-order valence-electron chi connectivity index (χ1n) is 13.5. The Kier molecular flexibility index (Phi) is 9.16. The summed E-state index contributed by atoms with van der Waals surface area (Å²) in [7, 11) is 0. The molecule has 1 unspecified atom stereocenters. The van der Waals surface area contributed by atoms with E-state index in [-0.39, 0.29) is 11.5 Å². The first-order chi connectivity index (χ1) is 18.3. The predicted molar refractivity (Wildman–Crippen MR) is 159 cm³/mol. The first kappa shape index (κ1) is 27.8. The number of carbonyl (C=O) groups is 1. The van der Waals surface area contributed by atoms with E-state index in [0.717, 1.165) is 35.8 Å². The van der Waals surface area contributed by atoms with Crippen molar-refractivity contribution in [3.05, 3.63) is 105 Å². The Bertz CT molecular complexity index is 1440. The molecule has 1 atom stereocenters. The summed E-state index contributed by atoms with van der Waals surface area (Å²) in [6.45, 7) is 9.03. The second-order valence-electron chi connectivity index (χ2n) is 10.3. The number of benzene rings is 3. The van der Waals surface area contributed by atoms with E-state index in [2.05, 4.69) is 48.8 Å². The van der Waals surface area contributed by atoms with Gasteiger partial charge in [0, 0.05) is 16.6 Å². The maximum absolute atomic E-state index is 13.9. The summed E-state index contributed by atoms with van der Waals surface area (Å²) in [5, 5.41) is 0.550. The van der Waals surface area contributed by atoms with Crippen LogP contribution in [0.15, 0.2) is 82.1 Å². The van der Waals surface area contributed by atoms with E-state index in [1.165, 1.54) is 5.56 Å². The molecule has 0 saturated carbocycles. The molecule has 0 N–H and O–H groups in total. The number of hydrogen-bond donors (Lipinski definition) is 0. The molecule has 3 aromatic carbocycles. The summed E-state index contributed by atoms with van der Waals surface area (Å²) in [6.07, 6.45) is 4.13. The number of para-hydroxylation sites is 1. The van der Waals surface area contributed by atoms with Crippen molar-refractivity contribution < 1.29 is 4.79 Å². The van der Waals surface area contributed by atoms with Gasteiger partial charge in [-0.3, -0.25) is 14.2 Å². The normalized spacial score (nSPS) is 12.2. The van der Waals surface area contributed by atoms with Crippen LogP contribution in [-0.2, 0) is 6.42 Å². The molecule has 4 rings (SSSR count). The Hall–Kier alpha value is -3.25. The highest BCUT2D eigenvalue weighted by atomic mass is 79.9. The van der Waals surface area contributed by atoms with Crippen LogP contribution in [0.4, 0.5) is 0 Å². The van der Waals surface area contributed by atoms with E-state index in [1.807, 2.05) is 66.4 Å².